The predicted molar refractivity (Wildman–Crippen MR) is 145 cm³/mol. The second kappa shape index (κ2) is 10.7. The average Bonchev–Trinajstić information content (AvgIpc) is 3.37. The number of aromatic nitrogens is 4. The number of nitrogens with one attached hydrogen (secondary N) is 1. The van der Waals surface area contributed by atoms with Crippen molar-refractivity contribution in [3.8, 4) is 11.4 Å². The van der Waals surface area contributed by atoms with E-state index in [1.165, 1.54) is 6.42 Å². The van der Waals surface area contributed by atoms with Crippen molar-refractivity contribution in [1.29, 1.82) is 0 Å². The third-order valence-corrected chi connectivity index (χ3v) is 7.44. The van der Waals surface area contributed by atoms with Gasteiger partial charge in [0.1, 0.15) is 18.2 Å². The Morgan fingerprint density at radius 2 is 1.57 bits per heavy atom. The Labute approximate surface area is 217 Å². The zero-order valence-electron chi connectivity index (χ0n) is 21.1. The number of anilines is 1. The molecule has 1 atom stereocenters. The number of piperidine rings is 1. The molecule has 37 heavy (non-hydrogen) atoms. The summed E-state index contributed by atoms with van der Waals surface area (Å²) in [5.41, 5.74) is 3.58. The molecule has 8 nitrogen and oxygen atoms in total. The molecule has 0 bridgehead atoms. The van der Waals surface area contributed by atoms with Crippen LogP contribution in [0.2, 0.25) is 0 Å². The third-order valence-electron chi connectivity index (χ3n) is 7.44. The van der Waals surface area contributed by atoms with Gasteiger partial charge < -0.3 is 15.1 Å². The van der Waals surface area contributed by atoms with Gasteiger partial charge in [0.25, 0.3) is 0 Å². The molecule has 8 heteroatoms. The maximum absolute atomic E-state index is 14.2. The van der Waals surface area contributed by atoms with E-state index >= 15 is 0 Å². The smallest absolute Gasteiger partial charge is 0.246 e. The van der Waals surface area contributed by atoms with Crippen LogP contribution in [0, 0.1) is 0 Å². The first-order valence-corrected chi connectivity index (χ1v) is 13.4. The summed E-state index contributed by atoms with van der Waals surface area (Å²) in [7, 11) is 0. The standard InChI is InChI=1S/C29H33N7O/c37-29(35-18-14-30-15-19-35)24(20-22-10-4-1-5-11-22)36-26(23-12-6-2-7-13-23)33-25-27(31-21-32-28(25)36)34-16-8-3-9-17-34/h1-2,4-7,10-13,21,24,30H,3,8-9,14-20H2/t24-/m0/s1. The Kier molecular flexibility index (Phi) is 6.82. The Balaban J connectivity index is 1.54. The Morgan fingerprint density at radius 1 is 0.865 bits per heavy atom. The van der Waals surface area contributed by atoms with Gasteiger partial charge >= 0.3 is 0 Å². The van der Waals surface area contributed by atoms with E-state index in [1.807, 2.05) is 41.3 Å². The summed E-state index contributed by atoms with van der Waals surface area (Å²) in [5.74, 6) is 1.74. The van der Waals surface area contributed by atoms with Crippen molar-refractivity contribution in [1.82, 2.24) is 29.7 Å². The third kappa shape index (κ3) is 4.81. The zero-order chi connectivity index (χ0) is 25.0. The fraction of sp³-hybridized carbons (Fsp3) is 0.379. The van der Waals surface area contributed by atoms with Gasteiger partial charge in [0.05, 0.1) is 0 Å². The van der Waals surface area contributed by atoms with Crippen LogP contribution in [0.25, 0.3) is 22.6 Å². The molecule has 2 aliphatic heterocycles. The van der Waals surface area contributed by atoms with E-state index in [9.17, 15) is 4.79 Å². The number of nitrogens with zero attached hydrogens (tertiary/aromatic N) is 6. The van der Waals surface area contributed by atoms with Crippen molar-refractivity contribution in [2.75, 3.05) is 44.2 Å². The number of imidazole rings is 1. The molecule has 0 radical (unpaired) electrons. The van der Waals surface area contributed by atoms with Crippen molar-refractivity contribution in [3.63, 3.8) is 0 Å². The molecule has 190 valence electrons. The summed E-state index contributed by atoms with van der Waals surface area (Å²) in [6, 6.07) is 19.9. The van der Waals surface area contributed by atoms with Crippen LogP contribution in [0.3, 0.4) is 0 Å². The zero-order valence-corrected chi connectivity index (χ0v) is 21.1. The monoisotopic (exact) mass is 495 g/mol. The predicted octanol–water partition coefficient (Wildman–Crippen LogP) is 3.70. The van der Waals surface area contributed by atoms with E-state index in [-0.39, 0.29) is 5.91 Å². The minimum Gasteiger partial charge on any atom is -0.355 e. The van der Waals surface area contributed by atoms with Crippen LogP contribution in [0.4, 0.5) is 5.82 Å². The van der Waals surface area contributed by atoms with Gasteiger partial charge in [-0.1, -0.05) is 60.7 Å². The van der Waals surface area contributed by atoms with Gasteiger partial charge in [-0.25, -0.2) is 15.0 Å². The van der Waals surface area contributed by atoms with Gasteiger partial charge in [-0.2, -0.15) is 0 Å². The van der Waals surface area contributed by atoms with Crippen LogP contribution in [-0.4, -0.2) is 69.6 Å². The quantitative estimate of drug-likeness (QED) is 0.440. The molecule has 2 aliphatic rings. The molecule has 2 fully saturated rings. The largest absolute Gasteiger partial charge is 0.355 e. The second-order valence-corrected chi connectivity index (χ2v) is 9.87. The summed E-state index contributed by atoms with van der Waals surface area (Å²) in [4.78, 5) is 33.1. The topological polar surface area (TPSA) is 79.2 Å². The van der Waals surface area contributed by atoms with Crippen LogP contribution in [0.5, 0.6) is 0 Å². The van der Waals surface area contributed by atoms with Gasteiger partial charge in [0, 0.05) is 51.3 Å². The van der Waals surface area contributed by atoms with Crippen LogP contribution < -0.4 is 10.2 Å². The maximum Gasteiger partial charge on any atom is 0.246 e. The lowest BCUT2D eigenvalue weighted by atomic mass is 10.0. The highest BCUT2D eigenvalue weighted by atomic mass is 16.2. The van der Waals surface area contributed by atoms with E-state index in [0.29, 0.717) is 19.5 Å². The van der Waals surface area contributed by atoms with E-state index in [4.69, 9.17) is 15.0 Å². The van der Waals surface area contributed by atoms with Crippen LogP contribution >= 0.6 is 0 Å². The first-order chi connectivity index (χ1) is 18.3. The van der Waals surface area contributed by atoms with E-state index in [2.05, 4.69) is 39.0 Å². The van der Waals surface area contributed by atoms with Gasteiger partial charge in [-0.05, 0) is 24.8 Å². The molecule has 1 N–H and O–H groups in total. The Morgan fingerprint density at radius 3 is 2.30 bits per heavy atom. The van der Waals surface area contributed by atoms with Crippen LogP contribution in [0.15, 0.2) is 67.0 Å². The van der Waals surface area contributed by atoms with Crippen molar-refractivity contribution < 1.29 is 4.79 Å². The highest BCUT2D eigenvalue weighted by Crippen LogP contribution is 2.34. The number of rotatable bonds is 6. The molecular weight excluding hydrogens is 462 g/mol. The summed E-state index contributed by atoms with van der Waals surface area (Å²) < 4.78 is 2.08. The number of carbonyl (C=O) groups is 1. The lowest BCUT2D eigenvalue weighted by Crippen LogP contribution is -2.49. The Bertz CT molecular complexity index is 1340. The van der Waals surface area contributed by atoms with Crippen molar-refractivity contribution in [2.45, 2.75) is 31.7 Å². The number of amides is 1. The lowest BCUT2D eigenvalue weighted by molar-refractivity contribution is -0.135. The van der Waals surface area contributed by atoms with Gasteiger partial charge in [0.2, 0.25) is 5.91 Å². The first-order valence-electron chi connectivity index (χ1n) is 13.4. The summed E-state index contributed by atoms with van der Waals surface area (Å²) >= 11 is 0. The van der Waals surface area contributed by atoms with Gasteiger partial charge in [0.15, 0.2) is 17.0 Å². The molecule has 1 amide bonds. The fourth-order valence-corrected chi connectivity index (χ4v) is 5.54. The molecule has 2 saturated heterocycles. The number of fused-ring (bicyclic) bond motifs is 1. The molecule has 2 aromatic carbocycles. The molecule has 0 aliphatic carbocycles. The van der Waals surface area contributed by atoms with Crippen LogP contribution in [0.1, 0.15) is 30.9 Å². The molecule has 0 saturated carbocycles. The van der Waals surface area contributed by atoms with Gasteiger partial charge in [-0.15, -0.1) is 0 Å². The molecule has 6 rings (SSSR count). The SMILES string of the molecule is O=C([C@H](Cc1ccccc1)n1c(-c2ccccc2)nc2c(N3CCCCC3)ncnc21)N1CCNCC1. The number of hydrogen-bond donors (Lipinski definition) is 1. The van der Waals surface area contributed by atoms with Crippen molar-refractivity contribution in [3.05, 3.63) is 72.6 Å². The van der Waals surface area contributed by atoms with Crippen molar-refractivity contribution in [2.24, 2.45) is 0 Å². The van der Waals surface area contributed by atoms with Crippen LogP contribution in [-0.2, 0) is 11.2 Å². The minimum atomic E-state index is -0.468. The fourth-order valence-electron chi connectivity index (χ4n) is 5.54. The Hall–Kier alpha value is -3.78. The number of piperazine rings is 1. The van der Waals surface area contributed by atoms with E-state index in [1.54, 1.807) is 6.33 Å². The second-order valence-electron chi connectivity index (χ2n) is 9.87. The first kappa shape index (κ1) is 23.6. The highest BCUT2D eigenvalue weighted by molar-refractivity contribution is 5.90. The summed E-state index contributed by atoms with van der Waals surface area (Å²) in [6.07, 6.45) is 5.74. The summed E-state index contributed by atoms with van der Waals surface area (Å²) in [5, 5.41) is 3.36. The maximum atomic E-state index is 14.2. The highest BCUT2D eigenvalue weighted by Gasteiger charge is 2.32. The number of carbonyl (C=O) groups excluding carboxylic acids is 1. The van der Waals surface area contributed by atoms with Gasteiger partial charge in [-0.3, -0.25) is 9.36 Å². The molecule has 2 aromatic heterocycles. The normalized spacial score (nSPS) is 17.2. The average molecular weight is 496 g/mol. The molecule has 0 unspecified atom stereocenters. The molecule has 0 spiro atoms. The molecular formula is C29H33N7O. The summed E-state index contributed by atoms with van der Waals surface area (Å²) in [6.45, 7) is 4.94. The molecule has 4 heterocycles. The minimum absolute atomic E-state index is 0.111. The number of hydrogen-bond acceptors (Lipinski definition) is 6. The van der Waals surface area contributed by atoms with E-state index < -0.39 is 6.04 Å². The molecule has 4 aromatic rings. The van der Waals surface area contributed by atoms with E-state index in [0.717, 1.165) is 73.0 Å². The lowest BCUT2D eigenvalue weighted by Gasteiger charge is -2.32. The number of benzene rings is 2. The van der Waals surface area contributed by atoms with Crippen molar-refractivity contribution >= 4 is 22.9 Å².